The number of amides is 1. The minimum absolute atomic E-state index is 0.0192. The van der Waals surface area contributed by atoms with Crippen LogP contribution in [-0.2, 0) is 14.3 Å². The Labute approximate surface area is 419 Å². The summed E-state index contributed by atoms with van der Waals surface area (Å²) in [6.45, 7) is 4.90. The van der Waals surface area contributed by atoms with Gasteiger partial charge in [0, 0.05) is 12.8 Å². The summed E-state index contributed by atoms with van der Waals surface area (Å²) in [6.07, 6.45) is 68.4. The molecule has 0 aromatic rings. The van der Waals surface area contributed by atoms with Crippen LogP contribution in [-0.4, -0.2) is 47.4 Å². The van der Waals surface area contributed by atoms with Crippen molar-refractivity contribution in [2.75, 3.05) is 13.2 Å². The molecule has 2 unspecified atom stereocenters. The molecule has 0 aromatic heterocycles. The zero-order valence-electron chi connectivity index (χ0n) is 45.4. The summed E-state index contributed by atoms with van der Waals surface area (Å²) in [5, 5.41) is 22.9. The Morgan fingerprint density at radius 1 is 0.403 bits per heavy atom. The van der Waals surface area contributed by atoms with Crippen molar-refractivity contribution in [3.63, 3.8) is 0 Å². The Morgan fingerprint density at radius 2 is 0.687 bits per heavy atom. The van der Waals surface area contributed by atoms with Gasteiger partial charge in [0.25, 0.3) is 0 Å². The SMILES string of the molecule is CCCCCCCCC/C=C/C(O)C(CO)NC(=O)CCCCCCCCCCCCCCCCCCCCCCCCCCOC(=O)CCCCCCCCCCCCCCCCCCC. The first kappa shape index (κ1) is 65.6. The first-order valence-corrected chi connectivity index (χ1v) is 30.5. The van der Waals surface area contributed by atoms with E-state index in [2.05, 4.69) is 19.2 Å². The largest absolute Gasteiger partial charge is 0.466 e. The summed E-state index contributed by atoms with van der Waals surface area (Å²) in [4.78, 5) is 24.5. The molecule has 0 rings (SSSR count). The van der Waals surface area contributed by atoms with Crippen LogP contribution in [0.3, 0.4) is 0 Å². The first-order chi connectivity index (χ1) is 33.0. The summed E-state index contributed by atoms with van der Waals surface area (Å²) in [6, 6.07) is -0.624. The van der Waals surface area contributed by atoms with Crippen molar-refractivity contribution in [2.45, 2.75) is 353 Å². The summed E-state index contributed by atoms with van der Waals surface area (Å²) >= 11 is 0. The van der Waals surface area contributed by atoms with Crippen molar-refractivity contribution in [3.8, 4) is 0 Å². The average Bonchev–Trinajstić information content (AvgIpc) is 3.33. The summed E-state index contributed by atoms with van der Waals surface area (Å²) in [5.74, 6) is -0.0489. The molecule has 0 bridgehead atoms. The molecule has 0 heterocycles. The van der Waals surface area contributed by atoms with Gasteiger partial charge < -0.3 is 20.3 Å². The molecule has 0 spiro atoms. The molecule has 0 radical (unpaired) electrons. The lowest BCUT2D eigenvalue weighted by atomic mass is 10.0. The highest BCUT2D eigenvalue weighted by Crippen LogP contribution is 2.18. The monoisotopic (exact) mass is 946 g/mol. The standard InChI is InChI=1S/C61H119NO5/c1-3-5-7-9-11-13-14-15-16-25-29-32-35-39-43-47-51-55-61(66)67-56-52-48-44-40-36-33-30-27-24-22-20-18-17-19-21-23-26-28-31-34-38-42-46-50-54-60(65)62-58(57-63)59(64)53-49-45-41-37-12-10-8-6-4-2/h49,53,58-59,63-64H,3-48,50-52,54-57H2,1-2H3,(H,62,65)/b53-49+. The zero-order chi connectivity index (χ0) is 48.6. The lowest BCUT2D eigenvalue weighted by Crippen LogP contribution is -2.45. The van der Waals surface area contributed by atoms with Gasteiger partial charge in [0.2, 0.25) is 5.91 Å². The van der Waals surface area contributed by atoms with E-state index in [9.17, 15) is 19.8 Å². The third-order valence-electron chi connectivity index (χ3n) is 14.3. The van der Waals surface area contributed by atoms with Crippen LogP contribution >= 0.6 is 0 Å². The molecule has 67 heavy (non-hydrogen) atoms. The van der Waals surface area contributed by atoms with Crippen LogP contribution in [0.5, 0.6) is 0 Å². The summed E-state index contributed by atoms with van der Waals surface area (Å²) in [5.41, 5.74) is 0. The molecule has 0 aromatic carbocycles. The third-order valence-corrected chi connectivity index (χ3v) is 14.3. The van der Waals surface area contributed by atoms with Gasteiger partial charge in [-0.05, 0) is 32.1 Å². The van der Waals surface area contributed by atoms with Crippen molar-refractivity contribution in [1.29, 1.82) is 0 Å². The fourth-order valence-corrected chi connectivity index (χ4v) is 9.64. The minimum atomic E-state index is -0.840. The van der Waals surface area contributed by atoms with E-state index in [1.807, 2.05) is 6.08 Å². The van der Waals surface area contributed by atoms with Gasteiger partial charge in [-0.25, -0.2) is 0 Å². The molecule has 0 aliphatic carbocycles. The molecule has 1 amide bonds. The molecule has 398 valence electrons. The molecule has 2 atom stereocenters. The maximum Gasteiger partial charge on any atom is 0.305 e. The normalized spacial score (nSPS) is 12.6. The Kier molecular flexibility index (Phi) is 56.0. The van der Waals surface area contributed by atoms with Gasteiger partial charge in [-0.15, -0.1) is 0 Å². The predicted octanol–water partition coefficient (Wildman–Crippen LogP) is 18.9. The van der Waals surface area contributed by atoms with Gasteiger partial charge in [0.15, 0.2) is 0 Å². The number of hydrogen-bond donors (Lipinski definition) is 3. The fourth-order valence-electron chi connectivity index (χ4n) is 9.64. The van der Waals surface area contributed by atoms with Crippen LogP contribution in [0.15, 0.2) is 12.2 Å². The highest BCUT2D eigenvalue weighted by Gasteiger charge is 2.18. The van der Waals surface area contributed by atoms with Crippen molar-refractivity contribution in [1.82, 2.24) is 5.32 Å². The van der Waals surface area contributed by atoms with E-state index in [0.29, 0.717) is 19.4 Å². The van der Waals surface area contributed by atoms with Crippen LogP contribution in [0, 0.1) is 0 Å². The van der Waals surface area contributed by atoms with Crippen LogP contribution in [0.1, 0.15) is 341 Å². The molecule has 0 aliphatic rings. The van der Waals surface area contributed by atoms with Crippen molar-refractivity contribution in [3.05, 3.63) is 12.2 Å². The Hall–Kier alpha value is -1.40. The molecule has 3 N–H and O–H groups in total. The van der Waals surface area contributed by atoms with Crippen molar-refractivity contribution in [2.24, 2.45) is 0 Å². The first-order valence-electron chi connectivity index (χ1n) is 30.5. The van der Waals surface area contributed by atoms with Crippen LogP contribution in [0.25, 0.3) is 0 Å². The molecule has 0 aliphatic heterocycles. The fraction of sp³-hybridized carbons (Fsp3) is 0.934. The maximum atomic E-state index is 12.4. The highest BCUT2D eigenvalue weighted by molar-refractivity contribution is 5.76. The van der Waals surface area contributed by atoms with E-state index in [4.69, 9.17) is 4.74 Å². The molecule has 0 saturated heterocycles. The van der Waals surface area contributed by atoms with Crippen molar-refractivity contribution >= 4 is 11.9 Å². The average molecular weight is 947 g/mol. The number of nitrogens with one attached hydrogen (secondary N) is 1. The van der Waals surface area contributed by atoms with E-state index >= 15 is 0 Å². The van der Waals surface area contributed by atoms with Crippen LogP contribution in [0.2, 0.25) is 0 Å². The van der Waals surface area contributed by atoms with E-state index in [-0.39, 0.29) is 18.5 Å². The van der Waals surface area contributed by atoms with E-state index in [1.165, 1.54) is 276 Å². The van der Waals surface area contributed by atoms with Gasteiger partial charge in [-0.1, -0.05) is 309 Å². The predicted molar refractivity (Wildman–Crippen MR) is 292 cm³/mol. The zero-order valence-corrected chi connectivity index (χ0v) is 45.4. The molecule has 6 heteroatoms. The second-order valence-electron chi connectivity index (χ2n) is 21.0. The smallest absolute Gasteiger partial charge is 0.305 e. The van der Waals surface area contributed by atoms with E-state index in [1.54, 1.807) is 6.08 Å². The number of unbranched alkanes of at least 4 members (excludes halogenated alkanes) is 46. The number of carbonyl (C=O) groups excluding carboxylic acids is 2. The number of rotatable bonds is 57. The van der Waals surface area contributed by atoms with Gasteiger partial charge in [-0.3, -0.25) is 9.59 Å². The van der Waals surface area contributed by atoms with Crippen molar-refractivity contribution < 1.29 is 24.5 Å². The number of esters is 1. The van der Waals surface area contributed by atoms with E-state index in [0.717, 1.165) is 38.5 Å². The second-order valence-corrected chi connectivity index (χ2v) is 21.0. The molecular formula is C61H119NO5. The Morgan fingerprint density at radius 3 is 1.01 bits per heavy atom. The number of aliphatic hydroxyl groups excluding tert-OH is 2. The van der Waals surface area contributed by atoms with Gasteiger partial charge in [-0.2, -0.15) is 0 Å². The second kappa shape index (κ2) is 57.2. The summed E-state index contributed by atoms with van der Waals surface area (Å²) < 4.78 is 5.50. The topological polar surface area (TPSA) is 95.9 Å². The maximum absolute atomic E-state index is 12.4. The van der Waals surface area contributed by atoms with Crippen LogP contribution in [0.4, 0.5) is 0 Å². The molecule has 0 saturated carbocycles. The number of hydrogen-bond acceptors (Lipinski definition) is 5. The molecule has 6 nitrogen and oxygen atoms in total. The van der Waals surface area contributed by atoms with Gasteiger partial charge in [0.1, 0.15) is 0 Å². The Balaban J connectivity index is 3.32. The quantitative estimate of drug-likeness (QED) is 0.0321. The minimum Gasteiger partial charge on any atom is -0.466 e. The van der Waals surface area contributed by atoms with Crippen LogP contribution < -0.4 is 5.32 Å². The lowest BCUT2D eigenvalue weighted by molar-refractivity contribution is -0.143. The lowest BCUT2D eigenvalue weighted by Gasteiger charge is -2.20. The highest BCUT2D eigenvalue weighted by atomic mass is 16.5. The number of ether oxygens (including phenoxy) is 1. The molecular weight excluding hydrogens is 827 g/mol. The number of carbonyl (C=O) groups is 2. The van der Waals surface area contributed by atoms with E-state index < -0.39 is 12.1 Å². The number of aliphatic hydroxyl groups is 2. The summed E-state index contributed by atoms with van der Waals surface area (Å²) in [7, 11) is 0. The number of allylic oxidation sites excluding steroid dienone is 1. The van der Waals surface area contributed by atoms with Gasteiger partial charge in [0.05, 0.1) is 25.4 Å². The third kappa shape index (κ3) is 53.8. The van der Waals surface area contributed by atoms with Gasteiger partial charge >= 0.3 is 5.97 Å². The Bertz CT molecular complexity index is 1000. The molecule has 0 fully saturated rings.